The number of nitrogens with one attached hydrogen (secondary N) is 1. The van der Waals surface area contributed by atoms with E-state index in [4.69, 9.17) is 0 Å². The quantitative estimate of drug-likeness (QED) is 0.645. The summed E-state index contributed by atoms with van der Waals surface area (Å²) in [6.45, 7) is 2.54. The van der Waals surface area contributed by atoms with Crippen LogP contribution in [0.4, 0.5) is 0 Å². The van der Waals surface area contributed by atoms with E-state index < -0.39 is 0 Å². The topological polar surface area (TPSA) is 32.3 Å². The van der Waals surface area contributed by atoms with Crippen LogP contribution in [0.2, 0.25) is 0 Å². The van der Waals surface area contributed by atoms with Crippen LogP contribution < -0.4 is 5.32 Å². The fourth-order valence-corrected chi connectivity index (χ4v) is 4.33. The summed E-state index contributed by atoms with van der Waals surface area (Å²) < 4.78 is 0. The van der Waals surface area contributed by atoms with Gasteiger partial charge in [-0.3, -0.25) is 4.79 Å². The highest BCUT2D eigenvalue weighted by Gasteiger charge is 2.26. The number of carbonyl (C=O) groups is 1. The van der Waals surface area contributed by atoms with Crippen LogP contribution >= 0.6 is 0 Å². The van der Waals surface area contributed by atoms with E-state index in [0.29, 0.717) is 6.42 Å². The minimum absolute atomic E-state index is 0.230. The second kappa shape index (κ2) is 10.2. The molecular formula is C27H30N2O. The van der Waals surface area contributed by atoms with Crippen molar-refractivity contribution in [3.63, 3.8) is 0 Å². The van der Waals surface area contributed by atoms with Gasteiger partial charge in [-0.1, -0.05) is 84.9 Å². The van der Waals surface area contributed by atoms with Gasteiger partial charge in [0.05, 0.1) is 0 Å². The fourth-order valence-electron chi connectivity index (χ4n) is 4.33. The summed E-state index contributed by atoms with van der Waals surface area (Å²) in [4.78, 5) is 15.2. The number of aryl methyl sites for hydroxylation is 1. The third-order valence-corrected chi connectivity index (χ3v) is 5.95. The van der Waals surface area contributed by atoms with Crippen molar-refractivity contribution >= 4 is 5.91 Å². The Morgan fingerprint density at radius 2 is 1.47 bits per heavy atom. The molecule has 0 aromatic heterocycles. The molecule has 3 aromatic carbocycles. The highest BCUT2D eigenvalue weighted by atomic mass is 16.2. The third kappa shape index (κ3) is 5.37. The average molecular weight is 399 g/mol. The van der Waals surface area contributed by atoms with Crippen LogP contribution in [0.15, 0.2) is 84.9 Å². The summed E-state index contributed by atoms with van der Waals surface area (Å²) in [6.07, 6.45) is 3.18. The normalized spacial score (nSPS) is 16.4. The van der Waals surface area contributed by atoms with Gasteiger partial charge in [-0.05, 0) is 41.5 Å². The first kappa shape index (κ1) is 20.4. The Bertz CT molecular complexity index is 939. The Hall–Kier alpha value is -2.91. The Balaban J connectivity index is 1.40. The number of piperazine rings is 1. The minimum atomic E-state index is 0.230. The molecule has 1 aliphatic rings. The third-order valence-electron chi connectivity index (χ3n) is 5.95. The summed E-state index contributed by atoms with van der Waals surface area (Å²) in [5, 5.41) is 3.46. The molecule has 3 aromatic rings. The maximum Gasteiger partial charge on any atom is 0.223 e. The fraction of sp³-hybridized carbons (Fsp3) is 0.296. The first-order chi connectivity index (χ1) is 14.8. The van der Waals surface area contributed by atoms with E-state index in [9.17, 15) is 4.79 Å². The minimum Gasteiger partial charge on any atom is -0.337 e. The average Bonchev–Trinajstić information content (AvgIpc) is 2.80. The van der Waals surface area contributed by atoms with E-state index in [-0.39, 0.29) is 11.9 Å². The summed E-state index contributed by atoms with van der Waals surface area (Å²) in [7, 11) is 0. The predicted octanol–water partition coefficient (Wildman–Crippen LogP) is 4.25. The number of hydrogen-bond acceptors (Lipinski definition) is 2. The van der Waals surface area contributed by atoms with Crippen molar-refractivity contribution in [2.45, 2.75) is 31.7 Å². The standard InChI is InChI=1S/C27H30N2O/c30-27(29-18-17-28-21-26(29)20-23-11-5-2-6-12-23)16-15-24-13-7-8-14-25(24)19-22-9-3-1-4-10-22/h1-14,26,28H,15-21H2/t26-/m1/s1. The summed E-state index contributed by atoms with van der Waals surface area (Å²) >= 11 is 0. The van der Waals surface area contributed by atoms with E-state index >= 15 is 0 Å². The molecule has 1 atom stereocenters. The molecule has 30 heavy (non-hydrogen) atoms. The first-order valence-electron chi connectivity index (χ1n) is 10.9. The number of carbonyl (C=O) groups excluding carboxylic acids is 1. The van der Waals surface area contributed by atoms with Gasteiger partial charge in [-0.15, -0.1) is 0 Å². The monoisotopic (exact) mass is 398 g/mol. The van der Waals surface area contributed by atoms with Gasteiger partial charge in [0.1, 0.15) is 0 Å². The number of amides is 1. The van der Waals surface area contributed by atoms with E-state index in [1.165, 1.54) is 22.3 Å². The highest BCUT2D eigenvalue weighted by molar-refractivity contribution is 5.77. The molecule has 0 radical (unpaired) electrons. The second-order valence-electron chi connectivity index (χ2n) is 8.07. The molecule has 0 aliphatic carbocycles. The zero-order valence-electron chi connectivity index (χ0n) is 17.5. The van der Waals surface area contributed by atoms with Crippen LogP contribution in [0.5, 0.6) is 0 Å². The van der Waals surface area contributed by atoms with E-state index in [1.54, 1.807) is 0 Å². The van der Waals surface area contributed by atoms with Crippen molar-refractivity contribution in [3.05, 3.63) is 107 Å². The Kier molecular flexibility index (Phi) is 6.94. The van der Waals surface area contributed by atoms with Crippen molar-refractivity contribution in [3.8, 4) is 0 Å². The summed E-state index contributed by atoms with van der Waals surface area (Å²) in [5.74, 6) is 0.270. The highest BCUT2D eigenvalue weighted by Crippen LogP contribution is 2.18. The number of hydrogen-bond donors (Lipinski definition) is 1. The van der Waals surface area contributed by atoms with Crippen molar-refractivity contribution in [2.24, 2.45) is 0 Å². The SMILES string of the molecule is O=C(CCc1ccccc1Cc1ccccc1)N1CCNC[C@H]1Cc1ccccc1. The number of rotatable bonds is 7. The van der Waals surface area contributed by atoms with Crippen LogP contribution in [0, 0.1) is 0 Å². The van der Waals surface area contributed by atoms with Gasteiger partial charge in [0.15, 0.2) is 0 Å². The lowest BCUT2D eigenvalue weighted by Crippen LogP contribution is -2.54. The molecular weight excluding hydrogens is 368 g/mol. The van der Waals surface area contributed by atoms with Gasteiger partial charge in [0.2, 0.25) is 5.91 Å². The molecule has 1 saturated heterocycles. The maximum absolute atomic E-state index is 13.1. The van der Waals surface area contributed by atoms with Gasteiger partial charge in [-0.2, -0.15) is 0 Å². The molecule has 3 nitrogen and oxygen atoms in total. The molecule has 3 heteroatoms. The molecule has 0 saturated carbocycles. The molecule has 1 aliphatic heterocycles. The van der Waals surface area contributed by atoms with Crippen LogP contribution in [0.1, 0.15) is 28.7 Å². The maximum atomic E-state index is 13.1. The van der Waals surface area contributed by atoms with Gasteiger partial charge < -0.3 is 10.2 Å². The van der Waals surface area contributed by atoms with Gasteiger partial charge in [0, 0.05) is 32.1 Å². The molecule has 1 heterocycles. The smallest absolute Gasteiger partial charge is 0.223 e. The first-order valence-corrected chi connectivity index (χ1v) is 10.9. The second-order valence-corrected chi connectivity index (χ2v) is 8.07. The van der Waals surface area contributed by atoms with Gasteiger partial charge in [-0.25, -0.2) is 0 Å². The Labute approximate surface area is 179 Å². The lowest BCUT2D eigenvalue weighted by atomic mass is 9.96. The summed E-state index contributed by atoms with van der Waals surface area (Å²) in [6, 6.07) is 29.8. The van der Waals surface area contributed by atoms with Gasteiger partial charge in [0.25, 0.3) is 0 Å². The van der Waals surface area contributed by atoms with Crippen LogP contribution in [-0.4, -0.2) is 36.5 Å². The Morgan fingerprint density at radius 3 is 2.20 bits per heavy atom. The van der Waals surface area contributed by atoms with E-state index in [2.05, 4.69) is 83.0 Å². The Morgan fingerprint density at radius 1 is 0.833 bits per heavy atom. The molecule has 154 valence electrons. The van der Waals surface area contributed by atoms with Crippen molar-refractivity contribution in [2.75, 3.05) is 19.6 Å². The molecule has 0 bridgehead atoms. The number of nitrogens with zero attached hydrogens (tertiary/aromatic N) is 1. The largest absolute Gasteiger partial charge is 0.337 e. The van der Waals surface area contributed by atoms with Crippen molar-refractivity contribution in [1.82, 2.24) is 10.2 Å². The molecule has 1 N–H and O–H groups in total. The van der Waals surface area contributed by atoms with Crippen LogP contribution in [-0.2, 0) is 24.1 Å². The zero-order valence-corrected chi connectivity index (χ0v) is 17.5. The predicted molar refractivity (Wildman–Crippen MR) is 123 cm³/mol. The van der Waals surface area contributed by atoms with Crippen molar-refractivity contribution < 1.29 is 4.79 Å². The van der Waals surface area contributed by atoms with Crippen LogP contribution in [0.3, 0.4) is 0 Å². The molecule has 4 rings (SSSR count). The molecule has 0 unspecified atom stereocenters. The molecule has 0 spiro atoms. The van der Waals surface area contributed by atoms with Crippen LogP contribution in [0.25, 0.3) is 0 Å². The van der Waals surface area contributed by atoms with Crippen molar-refractivity contribution in [1.29, 1.82) is 0 Å². The molecule has 1 amide bonds. The zero-order chi connectivity index (χ0) is 20.6. The molecule has 1 fully saturated rings. The van der Waals surface area contributed by atoms with E-state index in [1.807, 2.05) is 12.1 Å². The van der Waals surface area contributed by atoms with E-state index in [0.717, 1.165) is 38.9 Å². The lowest BCUT2D eigenvalue weighted by Gasteiger charge is -2.36. The summed E-state index contributed by atoms with van der Waals surface area (Å²) in [5.41, 5.74) is 5.20. The lowest BCUT2D eigenvalue weighted by molar-refractivity contribution is -0.134. The van der Waals surface area contributed by atoms with Gasteiger partial charge >= 0.3 is 0 Å². The number of benzene rings is 3.